The smallest absolute Gasteiger partial charge is 0.165 e. The van der Waals surface area contributed by atoms with Crippen LogP contribution in [0.2, 0.25) is 0 Å². The van der Waals surface area contributed by atoms with Crippen molar-refractivity contribution in [2.75, 3.05) is 0 Å². The van der Waals surface area contributed by atoms with E-state index in [0.29, 0.717) is 17.5 Å². The van der Waals surface area contributed by atoms with Gasteiger partial charge in [-0.1, -0.05) is 182 Å². The van der Waals surface area contributed by atoms with Crippen LogP contribution < -0.4 is 0 Å². The molecule has 0 saturated heterocycles. The summed E-state index contributed by atoms with van der Waals surface area (Å²) in [5.41, 5.74) is 11.9. The van der Waals surface area contributed by atoms with Gasteiger partial charge in [0.05, 0.1) is 5.41 Å². The molecule has 9 aromatic carbocycles. The van der Waals surface area contributed by atoms with Gasteiger partial charge in [0.1, 0.15) is 0 Å². The standard InChI is InChI=1S/C58H35N3S2/c1-3-19-38(20-4-1)58(39-21-5-2-6-22-39)47-30-10-7-24-43(47)52-45(28-15-31-48(52)58)56-59-55(60-57(61-56)46-29-14-27-42-41-23-8-11-32-49(41)63-54(42)46)37-18-13-17-36(35-37)40-26-16-34-51-53(40)44-25-9-12-33-50(44)62-51/h1-35H. The number of nitrogens with zero attached hydrogens (tertiary/aromatic N) is 3. The molecule has 0 bridgehead atoms. The Balaban J connectivity index is 1.08. The lowest BCUT2D eigenvalue weighted by Gasteiger charge is -2.33. The summed E-state index contributed by atoms with van der Waals surface area (Å²) in [6.45, 7) is 0. The van der Waals surface area contributed by atoms with Gasteiger partial charge in [0.15, 0.2) is 17.5 Å². The van der Waals surface area contributed by atoms with Crippen molar-refractivity contribution >= 4 is 63.0 Å². The fraction of sp³-hybridized carbons (Fsp3) is 0.0172. The van der Waals surface area contributed by atoms with E-state index in [1.807, 2.05) is 11.3 Å². The molecule has 0 amide bonds. The molecule has 1 aliphatic carbocycles. The molecule has 1 aliphatic rings. The molecule has 3 aromatic heterocycles. The zero-order chi connectivity index (χ0) is 41.5. The highest BCUT2D eigenvalue weighted by Gasteiger charge is 2.47. The van der Waals surface area contributed by atoms with Gasteiger partial charge in [0.2, 0.25) is 0 Å². The molecule has 3 nitrogen and oxygen atoms in total. The van der Waals surface area contributed by atoms with Gasteiger partial charge in [-0.15, -0.1) is 22.7 Å². The van der Waals surface area contributed by atoms with Gasteiger partial charge in [-0.25, -0.2) is 15.0 Å². The number of rotatable bonds is 6. The van der Waals surface area contributed by atoms with Crippen molar-refractivity contribution in [3.05, 3.63) is 235 Å². The topological polar surface area (TPSA) is 38.7 Å². The third-order valence-electron chi connectivity index (χ3n) is 12.8. The fourth-order valence-corrected chi connectivity index (χ4v) is 12.5. The molecular weight excluding hydrogens is 803 g/mol. The zero-order valence-corrected chi connectivity index (χ0v) is 35.5. The molecule has 5 heteroatoms. The first kappa shape index (κ1) is 36.1. The van der Waals surface area contributed by atoms with Crippen molar-refractivity contribution < 1.29 is 0 Å². The van der Waals surface area contributed by atoms with Crippen molar-refractivity contribution in [1.29, 1.82) is 0 Å². The monoisotopic (exact) mass is 837 g/mol. The van der Waals surface area contributed by atoms with Crippen molar-refractivity contribution in [3.8, 4) is 56.4 Å². The average molecular weight is 838 g/mol. The van der Waals surface area contributed by atoms with Crippen LogP contribution in [0.15, 0.2) is 212 Å². The summed E-state index contributed by atoms with van der Waals surface area (Å²) < 4.78 is 4.98. The van der Waals surface area contributed by atoms with Gasteiger partial charge < -0.3 is 0 Å². The van der Waals surface area contributed by atoms with Gasteiger partial charge in [-0.3, -0.25) is 0 Å². The Morgan fingerprint density at radius 2 is 0.857 bits per heavy atom. The van der Waals surface area contributed by atoms with Crippen LogP contribution in [0.4, 0.5) is 0 Å². The lowest BCUT2D eigenvalue weighted by Crippen LogP contribution is -2.28. The Labute approximate surface area is 372 Å². The minimum atomic E-state index is -0.549. The largest absolute Gasteiger partial charge is 0.208 e. The van der Waals surface area contributed by atoms with E-state index in [-0.39, 0.29) is 0 Å². The van der Waals surface area contributed by atoms with Crippen LogP contribution in [0.25, 0.3) is 96.8 Å². The highest BCUT2D eigenvalue weighted by Crippen LogP contribution is 2.58. The second-order valence-electron chi connectivity index (χ2n) is 16.2. The highest BCUT2D eigenvalue weighted by atomic mass is 32.1. The van der Waals surface area contributed by atoms with Crippen LogP contribution in [0.5, 0.6) is 0 Å². The zero-order valence-electron chi connectivity index (χ0n) is 33.9. The Kier molecular flexibility index (Phi) is 8.17. The Hall–Kier alpha value is -7.57. The number of fused-ring (bicyclic) bond motifs is 9. The van der Waals surface area contributed by atoms with E-state index >= 15 is 0 Å². The second-order valence-corrected chi connectivity index (χ2v) is 18.3. The number of hydrogen-bond acceptors (Lipinski definition) is 5. The molecular formula is C58H35N3S2. The summed E-state index contributed by atoms with van der Waals surface area (Å²) in [5.74, 6) is 1.94. The average Bonchev–Trinajstić information content (AvgIpc) is 4.03. The highest BCUT2D eigenvalue weighted by molar-refractivity contribution is 7.26. The van der Waals surface area contributed by atoms with E-state index in [4.69, 9.17) is 15.0 Å². The fourth-order valence-electron chi connectivity index (χ4n) is 10.2. The first-order valence-corrected chi connectivity index (χ1v) is 22.9. The van der Waals surface area contributed by atoms with Crippen LogP contribution in [-0.4, -0.2) is 15.0 Å². The van der Waals surface area contributed by atoms with E-state index in [2.05, 4.69) is 212 Å². The van der Waals surface area contributed by atoms with E-state index in [0.717, 1.165) is 27.8 Å². The SMILES string of the molecule is c1ccc(C2(c3ccccc3)c3ccccc3-c3c(-c4nc(-c5cccc(-c6cccc7sc8ccccc8c67)c5)nc(-c5cccc6c5sc5ccccc56)n4)cccc32)cc1. The molecule has 0 spiro atoms. The second kappa shape index (κ2) is 14.2. The molecule has 13 rings (SSSR count). The van der Waals surface area contributed by atoms with Crippen LogP contribution in [0, 0.1) is 0 Å². The number of thiophene rings is 2. The molecule has 3 heterocycles. The third kappa shape index (κ3) is 5.47. The van der Waals surface area contributed by atoms with Crippen molar-refractivity contribution in [3.63, 3.8) is 0 Å². The van der Waals surface area contributed by atoms with Gasteiger partial charge in [0, 0.05) is 57.0 Å². The quantitative estimate of drug-likeness (QED) is 0.167. The first-order chi connectivity index (χ1) is 31.2. The summed E-state index contributed by atoms with van der Waals surface area (Å²) in [6.07, 6.45) is 0. The normalized spacial score (nSPS) is 12.9. The molecule has 294 valence electrons. The molecule has 63 heavy (non-hydrogen) atoms. The van der Waals surface area contributed by atoms with Gasteiger partial charge in [-0.05, 0) is 74.8 Å². The molecule has 0 fully saturated rings. The Morgan fingerprint density at radius 1 is 0.333 bits per heavy atom. The van der Waals surface area contributed by atoms with Gasteiger partial charge in [0.25, 0.3) is 0 Å². The first-order valence-electron chi connectivity index (χ1n) is 21.3. The molecule has 12 aromatic rings. The van der Waals surface area contributed by atoms with Gasteiger partial charge in [-0.2, -0.15) is 0 Å². The van der Waals surface area contributed by atoms with E-state index < -0.39 is 5.41 Å². The Morgan fingerprint density at radius 3 is 1.67 bits per heavy atom. The van der Waals surface area contributed by atoms with E-state index in [9.17, 15) is 0 Å². The van der Waals surface area contributed by atoms with Crippen molar-refractivity contribution in [2.45, 2.75) is 5.41 Å². The minimum Gasteiger partial charge on any atom is -0.208 e. The maximum absolute atomic E-state index is 5.50. The van der Waals surface area contributed by atoms with Crippen LogP contribution in [0.3, 0.4) is 0 Å². The third-order valence-corrected chi connectivity index (χ3v) is 15.2. The number of aromatic nitrogens is 3. The maximum Gasteiger partial charge on any atom is 0.165 e. The van der Waals surface area contributed by atoms with E-state index in [1.165, 1.54) is 73.7 Å². The van der Waals surface area contributed by atoms with Crippen molar-refractivity contribution in [1.82, 2.24) is 15.0 Å². The molecule has 0 unspecified atom stereocenters. The number of hydrogen-bond donors (Lipinski definition) is 0. The van der Waals surface area contributed by atoms with Crippen molar-refractivity contribution in [2.24, 2.45) is 0 Å². The molecule has 0 N–H and O–H groups in total. The molecule has 0 aliphatic heterocycles. The minimum absolute atomic E-state index is 0.549. The lowest BCUT2D eigenvalue weighted by molar-refractivity contribution is 0.768. The van der Waals surface area contributed by atoms with E-state index in [1.54, 1.807) is 11.3 Å². The Bertz CT molecular complexity index is 3720. The van der Waals surface area contributed by atoms with Gasteiger partial charge >= 0.3 is 0 Å². The summed E-state index contributed by atoms with van der Waals surface area (Å²) in [5, 5.41) is 5.01. The summed E-state index contributed by atoms with van der Waals surface area (Å²) in [6, 6.07) is 76.7. The predicted octanol–water partition coefficient (Wildman–Crippen LogP) is 15.6. The van der Waals surface area contributed by atoms with Crippen LogP contribution in [0.1, 0.15) is 22.3 Å². The predicted molar refractivity (Wildman–Crippen MR) is 265 cm³/mol. The lowest BCUT2D eigenvalue weighted by atomic mass is 9.67. The molecule has 0 saturated carbocycles. The summed E-state index contributed by atoms with van der Waals surface area (Å²) in [4.78, 5) is 16.4. The molecule has 0 radical (unpaired) electrons. The molecule has 0 atom stereocenters. The summed E-state index contributed by atoms with van der Waals surface area (Å²) >= 11 is 3.64. The van der Waals surface area contributed by atoms with Crippen LogP contribution >= 0.6 is 22.7 Å². The summed E-state index contributed by atoms with van der Waals surface area (Å²) in [7, 11) is 0. The maximum atomic E-state index is 5.50. The number of benzene rings is 9. The van der Waals surface area contributed by atoms with Crippen LogP contribution in [-0.2, 0) is 5.41 Å².